The number of carbonyl (C=O) groups excluding carboxylic acids is 1. The SMILES string of the molecule is COc1ccc(C)cc1NS(=O)(=O)c1ccc2c(c1)N(C(C)=O)CC(C)O2. The van der Waals surface area contributed by atoms with Gasteiger partial charge in [0.15, 0.2) is 0 Å². The molecule has 8 heteroatoms. The number of rotatable bonds is 4. The maximum Gasteiger partial charge on any atom is 0.262 e. The quantitative estimate of drug-likeness (QED) is 0.868. The maximum absolute atomic E-state index is 12.9. The molecule has 1 aliphatic heterocycles. The Bertz CT molecular complexity index is 988. The minimum Gasteiger partial charge on any atom is -0.495 e. The van der Waals surface area contributed by atoms with E-state index in [9.17, 15) is 13.2 Å². The molecule has 1 unspecified atom stereocenters. The van der Waals surface area contributed by atoms with Gasteiger partial charge >= 0.3 is 0 Å². The average Bonchev–Trinajstić information content (AvgIpc) is 2.60. The van der Waals surface area contributed by atoms with E-state index in [1.807, 2.05) is 19.9 Å². The van der Waals surface area contributed by atoms with Crippen LogP contribution in [0.5, 0.6) is 11.5 Å². The molecule has 1 N–H and O–H groups in total. The predicted molar refractivity (Wildman–Crippen MR) is 103 cm³/mol. The van der Waals surface area contributed by atoms with Gasteiger partial charge in [-0.25, -0.2) is 8.42 Å². The predicted octanol–water partition coefficient (Wildman–Crippen LogP) is 2.94. The van der Waals surface area contributed by atoms with Crippen LogP contribution in [0.4, 0.5) is 11.4 Å². The zero-order valence-electron chi connectivity index (χ0n) is 15.6. The van der Waals surface area contributed by atoms with Crippen LogP contribution in [0.3, 0.4) is 0 Å². The molecule has 0 bridgehead atoms. The first kappa shape index (κ1) is 19.0. The van der Waals surface area contributed by atoms with E-state index in [0.29, 0.717) is 29.4 Å². The zero-order chi connectivity index (χ0) is 19.8. The second kappa shape index (κ2) is 7.11. The standard InChI is InChI=1S/C19H22N2O5S/c1-12-5-7-18(25-4)16(9-12)20-27(23,24)15-6-8-19-17(10-15)21(14(3)22)11-13(2)26-19/h5-10,13,20H,11H2,1-4H3. The van der Waals surface area contributed by atoms with Gasteiger partial charge in [-0.05, 0) is 49.7 Å². The van der Waals surface area contributed by atoms with Crippen LogP contribution in [-0.2, 0) is 14.8 Å². The van der Waals surface area contributed by atoms with Crippen LogP contribution < -0.4 is 19.1 Å². The molecule has 1 atom stereocenters. The summed E-state index contributed by atoms with van der Waals surface area (Å²) in [5, 5.41) is 0. The Morgan fingerprint density at radius 1 is 1.26 bits per heavy atom. The summed E-state index contributed by atoms with van der Waals surface area (Å²) < 4.78 is 39.3. The summed E-state index contributed by atoms with van der Waals surface area (Å²) in [6, 6.07) is 9.71. The van der Waals surface area contributed by atoms with Crippen molar-refractivity contribution in [1.29, 1.82) is 0 Å². The third-order valence-corrected chi connectivity index (χ3v) is 5.64. The van der Waals surface area contributed by atoms with E-state index in [4.69, 9.17) is 9.47 Å². The van der Waals surface area contributed by atoms with E-state index in [2.05, 4.69) is 4.72 Å². The second-order valence-corrected chi connectivity index (χ2v) is 8.18. The van der Waals surface area contributed by atoms with E-state index < -0.39 is 10.0 Å². The molecule has 1 aliphatic rings. The lowest BCUT2D eigenvalue weighted by molar-refractivity contribution is -0.117. The van der Waals surface area contributed by atoms with Gasteiger partial charge in [0.1, 0.15) is 17.6 Å². The van der Waals surface area contributed by atoms with Gasteiger partial charge < -0.3 is 14.4 Å². The number of sulfonamides is 1. The highest BCUT2D eigenvalue weighted by Gasteiger charge is 2.28. The number of hydrogen-bond acceptors (Lipinski definition) is 5. The van der Waals surface area contributed by atoms with Gasteiger partial charge in [0.2, 0.25) is 5.91 Å². The number of carbonyl (C=O) groups is 1. The van der Waals surface area contributed by atoms with Gasteiger partial charge in [0, 0.05) is 6.92 Å². The average molecular weight is 390 g/mol. The van der Waals surface area contributed by atoms with E-state index in [0.717, 1.165) is 5.56 Å². The highest BCUT2D eigenvalue weighted by Crippen LogP contribution is 2.36. The lowest BCUT2D eigenvalue weighted by Gasteiger charge is -2.33. The van der Waals surface area contributed by atoms with E-state index in [1.54, 1.807) is 18.2 Å². The number of benzene rings is 2. The molecule has 0 saturated heterocycles. The summed E-state index contributed by atoms with van der Waals surface area (Å²) in [7, 11) is -2.41. The van der Waals surface area contributed by atoms with Crippen LogP contribution in [0, 0.1) is 6.92 Å². The van der Waals surface area contributed by atoms with E-state index in [1.165, 1.54) is 31.1 Å². The monoisotopic (exact) mass is 390 g/mol. The normalized spacial score (nSPS) is 16.3. The Balaban J connectivity index is 2.00. The Labute approximate surface area is 158 Å². The molecule has 0 aromatic heterocycles. The third-order valence-electron chi connectivity index (χ3n) is 4.28. The number of amides is 1. The van der Waals surface area contributed by atoms with Crippen molar-refractivity contribution >= 4 is 27.3 Å². The van der Waals surface area contributed by atoms with Gasteiger partial charge in [-0.3, -0.25) is 9.52 Å². The number of hydrogen-bond donors (Lipinski definition) is 1. The minimum atomic E-state index is -3.88. The molecule has 2 aromatic rings. The fourth-order valence-electron chi connectivity index (χ4n) is 2.99. The largest absolute Gasteiger partial charge is 0.495 e. The number of nitrogens with one attached hydrogen (secondary N) is 1. The number of methoxy groups -OCH3 is 1. The van der Waals surface area contributed by atoms with Gasteiger partial charge in [-0.15, -0.1) is 0 Å². The molecule has 2 aromatic carbocycles. The van der Waals surface area contributed by atoms with Crippen LogP contribution in [0.25, 0.3) is 0 Å². The van der Waals surface area contributed by atoms with E-state index in [-0.39, 0.29) is 16.9 Å². The first-order valence-electron chi connectivity index (χ1n) is 8.47. The first-order chi connectivity index (χ1) is 12.7. The molecule has 0 radical (unpaired) electrons. The van der Waals surface area contributed by atoms with Gasteiger partial charge in [0.25, 0.3) is 10.0 Å². The van der Waals surface area contributed by atoms with Gasteiger partial charge in [-0.1, -0.05) is 6.07 Å². The Kier molecular flexibility index (Phi) is 5.01. The lowest BCUT2D eigenvalue weighted by Crippen LogP contribution is -2.41. The molecule has 0 fully saturated rings. The summed E-state index contributed by atoms with van der Waals surface area (Å²) in [6.07, 6.45) is -0.168. The summed E-state index contributed by atoms with van der Waals surface area (Å²) >= 11 is 0. The summed E-state index contributed by atoms with van der Waals surface area (Å²) in [5.41, 5.74) is 1.69. The lowest BCUT2D eigenvalue weighted by atomic mass is 10.2. The van der Waals surface area contributed by atoms with Crippen molar-refractivity contribution in [3.63, 3.8) is 0 Å². The molecule has 1 heterocycles. The number of nitrogens with zero attached hydrogens (tertiary/aromatic N) is 1. The fraction of sp³-hybridized carbons (Fsp3) is 0.316. The van der Waals surface area contributed by atoms with Crippen LogP contribution in [0.15, 0.2) is 41.3 Å². The minimum absolute atomic E-state index is 0.0363. The summed E-state index contributed by atoms with van der Waals surface area (Å²) in [6.45, 7) is 5.53. The first-order valence-corrected chi connectivity index (χ1v) is 9.96. The van der Waals surface area contributed by atoms with Crippen molar-refractivity contribution < 1.29 is 22.7 Å². The van der Waals surface area contributed by atoms with Crippen molar-refractivity contribution in [3.8, 4) is 11.5 Å². The van der Waals surface area contributed by atoms with Crippen molar-refractivity contribution in [1.82, 2.24) is 0 Å². The maximum atomic E-state index is 12.9. The number of fused-ring (bicyclic) bond motifs is 1. The van der Waals surface area contributed by atoms with Crippen molar-refractivity contribution in [2.45, 2.75) is 31.8 Å². The smallest absolute Gasteiger partial charge is 0.262 e. The molecule has 0 aliphatic carbocycles. The van der Waals surface area contributed by atoms with Crippen LogP contribution >= 0.6 is 0 Å². The zero-order valence-corrected chi connectivity index (χ0v) is 16.5. The molecule has 0 saturated carbocycles. The Morgan fingerprint density at radius 2 is 2.00 bits per heavy atom. The van der Waals surface area contributed by atoms with Crippen LogP contribution in [-0.4, -0.2) is 34.1 Å². The molecule has 0 spiro atoms. The van der Waals surface area contributed by atoms with Crippen molar-refractivity contribution in [2.24, 2.45) is 0 Å². The highest BCUT2D eigenvalue weighted by atomic mass is 32.2. The van der Waals surface area contributed by atoms with Crippen LogP contribution in [0.1, 0.15) is 19.4 Å². The molecule has 7 nitrogen and oxygen atoms in total. The molecule has 144 valence electrons. The van der Waals surface area contributed by atoms with Crippen molar-refractivity contribution in [3.05, 3.63) is 42.0 Å². The van der Waals surface area contributed by atoms with Crippen LogP contribution in [0.2, 0.25) is 0 Å². The molecule has 3 rings (SSSR count). The molecular formula is C19H22N2O5S. The third kappa shape index (κ3) is 3.85. The number of ether oxygens (including phenoxy) is 2. The molecule has 1 amide bonds. The van der Waals surface area contributed by atoms with E-state index >= 15 is 0 Å². The summed E-state index contributed by atoms with van der Waals surface area (Å²) in [5.74, 6) is 0.731. The topological polar surface area (TPSA) is 84.9 Å². The number of anilines is 2. The molecular weight excluding hydrogens is 368 g/mol. The van der Waals surface area contributed by atoms with Gasteiger partial charge in [0.05, 0.1) is 29.9 Å². The van der Waals surface area contributed by atoms with Crippen molar-refractivity contribution in [2.75, 3.05) is 23.3 Å². The molecule has 27 heavy (non-hydrogen) atoms. The Hall–Kier alpha value is -2.74. The second-order valence-electron chi connectivity index (χ2n) is 6.50. The highest BCUT2D eigenvalue weighted by molar-refractivity contribution is 7.92. The Morgan fingerprint density at radius 3 is 2.67 bits per heavy atom. The number of aryl methyl sites for hydroxylation is 1. The van der Waals surface area contributed by atoms with Gasteiger partial charge in [-0.2, -0.15) is 0 Å². The summed E-state index contributed by atoms with van der Waals surface area (Å²) in [4.78, 5) is 13.5. The fourth-order valence-corrected chi connectivity index (χ4v) is 4.07.